The smallest absolute Gasteiger partial charge is 0.323 e. The zero-order valence-electron chi connectivity index (χ0n) is 18.4. The second-order valence-electron chi connectivity index (χ2n) is 8.59. The van der Waals surface area contributed by atoms with Crippen LogP contribution in [0.5, 0.6) is 11.5 Å². The Balaban J connectivity index is 1.86. The third-order valence-corrected chi connectivity index (χ3v) is 5.11. The Hall–Kier alpha value is -2.93. The topological polar surface area (TPSA) is 79.9 Å². The summed E-state index contributed by atoms with van der Waals surface area (Å²) in [7, 11) is 1.51. The number of methoxy groups -OCH3 is 1. The van der Waals surface area contributed by atoms with Gasteiger partial charge in [0.15, 0.2) is 0 Å². The van der Waals surface area contributed by atoms with Gasteiger partial charge >= 0.3 is 6.03 Å². The van der Waals surface area contributed by atoms with E-state index in [9.17, 15) is 9.59 Å². The van der Waals surface area contributed by atoms with Crippen LogP contribution in [0.1, 0.15) is 27.7 Å². The molecule has 3 amide bonds. The molecule has 0 saturated heterocycles. The molecule has 0 aromatic heterocycles. The predicted octanol–water partition coefficient (Wildman–Crippen LogP) is 5.40. The maximum Gasteiger partial charge on any atom is 0.323 e. The highest BCUT2D eigenvalue weighted by molar-refractivity contribution is 6.31. The zero-order valence-corrected chi connectivity index (χ0v) is 19.2. The van der Waals surface area contributed by atoms with E-state index in [0.29, 0.717) is 40.1 Å². The Labute approximate surface area is 187 Å². The third-order valence-electron chi connectivity index (χ3n) is 4.88. The number of nitrogens with one attached hydrogen (secondary N) is 2. The van der Waals surface area contributed by atoms with Gasteiger partial charge in [-0.2, -0.15) is 0 Å². The minimum atomic E-state index is -0.651. The van der Waals surface area contributed by atoms with Crippen LogP contribution < -0.4 is 25.0 Å². The zero-order chi connectivity index (χ0) is 22.8. The quantitative estimate of drug-likeness (QED) is 0.645. The van der Waals surface area contributed by atoms with Crippen molar-refractivity contribution in [2.24, 2.45) is 11.3 Å². The highest BCUT2D eigenvalue weighted by atomic mass is 35.5. The van der Waals surface area contributed by atoms with Crippen LogP contribution in [-0.2, 0) is 4.79 Å². The molecule has 2 N–H and O–H groups in total. The van der Waals surface area contributed by atoms with E-state index in [1.165, 1.54) is 7.11 Å². The molecule has 0 aliphatic carbocycles. The van der Waals surface area contributed by atoms with E-state index in [4.69, 9.17) is 21.1 Å². The van der Waals surface area contributed by atoms with Crippen LogP contribution >= 0.6 is 11.6 Å². The van der Waals surface area contributed by atoms with E-state index in [1.54, 1.807) is 41.3 Å². The summed E-state index contributed by atoms with van der Waals surface area (Å²) in [5.41, 5.74) is 0.968. The van der Waals surface area contributed by atoms with Crippen LogP contribution in [0.2, 0.25) is 5.02 Å². The van der Waals surface area contributed by atoms with Crippen molar-refractivity contribution < 1.29 is 19.1 Å². The lowest BCUT2D eigenvalue weighted by Crippen LogP contribution is -2.43. The Bertz CT molecular complexity index is 991. The van der Waals surface area contributed by atoms with Crippen molar-refractivity contribution in [1.29, 1.82) is 0 Å². The largest absolute Gasteiger partial charge is 0.495 e. The summed E-state index contributed by atoms with van der Waals surface area (Å²) in [4.78, 5) is 27.5. The highest BCUT2D eigenvalue weighted by Crippen LogP contribution is 2.38. The number of amides is 3. The first-order valence-corrected chi connectivity index (χ1v) is 10.5. The first kappa shape index (κ1) is 22.7. The molecule has 0 spiro atoms. The Kier molecular flexibility index (Phi) is 6.65. The molecule has 166 valence electrons. The summed E-state index contributed by atoms with van der Waals surface area (Å²) >= 11 is 6.03. The summed E-state index contributed by atoms with van der Waals surface area (Å²) in [5.74, 6) is 1.36. The summed E-state index contributed by atoms with van der Waals surface area (Å²) < 4.78 is 11.2. The van der Waals surface area contributed by atoms with Crippen LogP contribution in [0.15, 0.2) is 36.4 Å². The van der Waals surface area contributed by atoms with Gasteiger partial charge in [-0.1, -0.05) is 25.4 Å². The standard InChI is InChI=1S/C23H28ClN3O4/c1-14(2)12-27-18-11-16(7-9-20(18)31-13-23(3,4)21(27)28)25-22(29)26-17-10-15(24)6-8-19(17)30-5/h6-11,14H,12-13H2,1-5H3,(H2,25,26,29). The normalized spacial score (nSPS) is 15.1. The molecule has 2 aromatic carbocycles. The van der Waals surface area contributed by atoms with Crippen molar-refractivity contribution in [1.82, 2.24) is 0 Å². The Morgan fingerprint density at radius 3 is 2.65 bits per heavy atom. The number of ether oxygens (including phenoxy) is 2. The van der Waals surface area contributed by atoms with Gasteiger partial charge in [-0.15, -0.1) is 0 Å². The fourth-order valence-corrected chi connectivity index (χ4v) is 3.50. The van der Waals surface area contributed by atoms with E-state index in [-0.39, 0.29) is 18.4 Å². The van der Waals surface area contributed by atoms with Crippen LogP contribution in [-0.4, -0.2) is 32.2 Å². The van der Waals surface area contributed by atoms with E-state index in [0.717, 1.165) is 0 Å². The van der Waals surface area contributed by atoms with Gasteiger partial charge < -0.3 is 25.0 Å². The minimum Gasteiger partial charge on any atom is -0.495 e. The van der Waals surface area contributed by atoms with Gasteiger partial charge in [0, 0.05) is 17.3 Å². The molecule has 1 aliphatic rings. The number of fused-ring (bicyclic) bond motifs is 1. The monoisotopic (exact) mass is 445 g/mol. The number of carbonyl (C=O) groups excluding carboxylic acids is 2. The number of halogens is 1. The molecule has 7 nitrogen and oxygen atoms in total. The lowest BCUT2D eigenvalue weighted by atomic mass is 9.92. The number of nitrogens with zero attached hydrogens (tertiary/aromatic N) is 1. The molecule has 1 heterocycles. The molecule has 0 atom stereocenters. The van der Waals surface area contributed by atoms with Gasteiger partial charge in [0.1, 0.15) is 18.1 Å². The van der Waals surface area contributed by atoms with Gasteiger partial charge in [0.2, 0.25) is 5.91 Å². The number of rotatable bonds is 5. The number of benzene rings is 2. The van der Waals surface area contributed by atoms with Crippen molar-refractivity contribution in [3.63, 3.8) is 0 Å². The van der Waals surface area contributed by atoms with Crippen LogP contribution in [0.3, 0.4) is 0 Å². The lowest BCUT2D eigenvalue weighted by molar-refractivity contribution is -0.127. The number of anilines is 3. The lowest BCUT2D eigenvalue weighted by Gasteiger charge is -2.29. The average Bonchev–Trinajstić information content (AvgIpc) is 2.78. The predicted molar refractivity (Wildman–Crippen MR) is 124 cm³/mol. The van der Waals surface area contributed by atoms with Crippen molar-refractivity contribution >= 4 is 40.6 Å². The first-order chi connectivity index (χ1) is 14.6. The van der Waals surface area contributed by atoms with E-state index in [2.05, 4.69) is 24.5 Å². The van der Waals surface area contributed by atoms with Crippen LogP contribution in [0.25, 0.3) is 0 Å². The molecule has 31 heavy (non-hydrogen) atoms. The molecule has 1 aliphatic heterocycles. The van der Waals surface area contributed by atoms with E-state index in [1.807, 2.05) is 13.8 Å². The Morgan fingerprint density at radius 2 is 1.97 bits per heavy atom. The van der Waals surface area contributed by atoms with E-state index < -0.39 is 11.4 Å². The van der Waals surface area contributed by atoms with Crippen molar-refractivity contribution in [2.75, 3.05) is 35.8 Å². The maximum absolute atomic E-state index is 13.2. The van der Waals surface area contributed by atoms with Gasteiger partial charge in [-0.3, -0.25) is 4.79 Å². The van der Waals surface area contributed by atoms with Crippen molar-refractivity contribution in [3.8, 4) is 11.5 Å². The number of carbonyl (C=O) groups is 2. The number of urea groups is 1. The molecule has 8 heteroatoms. The molecule has 2 aromatic rings. The summed E-state index contributed by atoms with van der Waals surface area (Å²) in [6, 6.07) is 9.77. The van der Waals surface area contributed by atoms with Gasteiger partial charge in [-0.25, -0.2) is 4.79 Å². The minimum absolute atomic E-state index is 0.00906. The number of hydrogen-bond acceptors (Lipinski definition) is 4. The molecule has 3 rings (SSSR count). The fraction of sp³-hybridized carbons (Fsp3) is 0.391. The molecular weight excluding hydrogens is 418 g/mol. The van der Waals surface area contributed by atoms with E-state index >= 15 is 0 Å². The van der Waals surface area contributed by atoms with Crippen LogP contribution in [0, 0.1) is 11.3 Å². The molecule has 0 radical (unpaired) electrons. The maximum atomic E-state index is 13.2. The fourth-order valence-electron chi connectivity index (χ4n) is 3.33. The summed E-state index contributed by atoms with van der Waals surface area (Å²) in [6.07, 6.45) is 0. The van der Waals surface area contributed by atoms with Crippen molar-refractivity contribution in [3.05, 3.63) is 41.4 Å². The highest BCUT2D eigenvalue weighted by Gasteiger charge is 2.38. The Morgan fingerprint density at radius 1 is 1.23 bits per heavy atom. The summed E-state index contributed by atoms with van der Waals surface area (Å²) in [5, 5.41) is 6.01. The molecule has 0 fully saturated rings. The van der Waals surface area contributed by atoms with Gasteiger partial charge in [0.25, 0.3) is 0 Å². The second kappa shape index (κ2) is 9.06. The SMILES string of the molecule is COc1ccc(Cl)cc1NC(=O)Nc1ccc2c(c1)N(CC(C)C)C(=O)C(C)(C)CO2. The van der Waals surface area contributed by atoms with Gasteiger partial charge in [0.05, 0.1) is 23.9 Å². The molecule has 0 saturated carbocycles. The van der Waals surface area contributed by atoms with Gasteiger partial charge in [-0.05, 0) is 56.2 Å². The average molecular weight is 446 g/mol. The third kappa shape index (κ3) is 5.22. The number of hydrogen-bond donors (Lipinski definition) is 2. The molecular formula is C23H28ClN3O4. The summed E-state index contributed by atoms with van der Waals surface area (Å²) in [6.45, 7) is 8.70. The van der Waals surface area contributed by atoms with Crippen molar-refractivity contribution in [2.45, 2.75) is 27.7 Å². The first-order valence-electron chi connectivity index (χ1n) is 10.1. The second-order valence-corrected chi connectivity index (χ2v) is 9.02. The molecule has 0 bridgehead atoms. The molecule has 0 unspecified atom stereocenters. The van der Waals surface area contributed by atoms with Crippen LogP contribution in [0.4, 0.5) is 21.9 Å².